The van der Waals surface area contributed by atoms with Crippen LogP contribution in [0.5, 0.6) is 5.75 Å². The number of unbranched alkanes of at least 4 members (excludes halogenated alkanes) is 5. The van der Waals surface area contributed by atoms with Crippen molar-refractivity contribution in [2.24, 2.45) is 5.73 Å². The fourth-order valence-electron chi connectivity index (χ4n) is 4.27. The minimum absolute atomic E-state index is 0.0487. The van der Waals surface area contributed by atoms with Crippen LogP contribution in [0.25, 0.3) is 0 Å². The number of primary amides is 1. The summed E-state index contributed by atoms with van der Waals surface area (Å²) in [7, 11) is 0. The van der Waals surface area contributed by atoms with E-state index in [2.05, 4.69) is 17.6 Å². The van der Waals surface area contributed by atoms with Gasteiger partial charge >= 0.3 is 12.1 Å². The molecule has 0 saturated heterocycles. The predicted octanol–water partition coefficient (Wildman–Crippen LogP) is 3.46. The number of hydrogen-bond acceptors (Lipinski definition) is 8. The van der Waals surface area contributed by atoms with Crippen molar-refractivity contribution in [2.45, 2.75) is 104 Å². The maximum absolute atomic E-state index is 14.0. The van der Waals surface area contributed by atoms with Crippen LogP contribution in [0, 0.1) is 0 Å². The van der Waals surface area contributed by atoms with Gasteiger partial charge in [-0.3, -0.25) is 19.2 Å². The molecule has 1 rings (SSSR count). The highest BCUT2D eigenvalue weighted by atomic mass is 16.6. The Morgan fingerprint density at radius 2 is 1.69 bits per heavy atom. The summed E-state index contributed by atoms with van der Waals surface area (Å²) in [6.07, 6.45) is 3.90. The van der Waals surface area contributed by atoms with E-state index in [1.54, 1.807) is 33.8 Å². The molecule has 1 aromatic carbocycles. The molecule has 4 amide bonds. The van der Waals surface area contributed by atoms with Gasteiger partial charge < -0.3 is 35.8 Å². The third kappa shape index (κ3) is 14.2. The Morgan fingerprint density at radius 1 is 1.02 bits per heavy atom. The summed E-state index contributed by atoms with van der Waals surface area (Å²) >= 11 is 0. The van der Waals surface area contributed by atoms with E-state index in [0.29, 0.717) is 12.0 Å². The van der Waals surface area contributed by atoms with E-state index in [9.17, 15) is 29.1 Å². The number of alkyl carbamates (subject to hydrolysis) is 1. The maximum Gasteiger partial charge on any atom is 0.408 e. The fourth-order valence-corrected chi connectivity index (χ4v) is 4.27. The number of carbonyl (C=O) groups is 5. The summed E-state index contributed by atoms with van der Waals surface area (Å²) < 4.78 is 10.2. The van der Waals surface area contributed by atoms with Crippen molar-refractivity contribution in [1.82, 2.24) is 15.5 Å². The lowest BCUT2D eigenvalue weighted by molar-refractivity contribution is -0.144. The Hall–Kier alpha value is -3.83. The van der Waals surface area contributed by atoms with Gasteiger partial charge in [-0.15, -0.1) is 0 Å². The number of aromatic hydroxyl groups is 1. The summed E-state index contributed by atoms with van der Waals surface area (Å²) in [5.41, 5.74) is 4.86. The van der Waals surface area contributed by atoms with E-state index >= 15 is 0 Å². The average molecular weight is 593 g/mol. The third-order valence-corrected chi connectivity index (χ3v) is 6.11. The molecule has 0 aromatic heterocycles. The second kappa shape index (κ2) is 18.6. The molecule has 0 spiro atoms. The summed E-state index contributed by atoms with van der Waals surface area (Å²) in [6.45, 7) is 9.01. The number of esters is 1. The van der Waals surface area contributed by atoms with Crippen LogP contribution in [0.2, 0.25) is 0 Å². The molecule has 5 N–H and O–H groups in total. The molecule has 1 aromatic rings. The molecule has 42 heavy (non-hydrogen) atoms. The highest BCUT2D eigenvalue weighted by Gasteiger charge is 2.37. The number of nitrogens with zero attached hydrogens (tertiary/aromatic N) is 1. The quantitative estimate of drug-likeness (QED) is 0.148. The average Bonchev–Trinajstić information content (AvgIpc) is 2.88. The van der Waals surface area contributed by atoms with Gasteiger partial charge in [-0.25, -0.2) is 4.79 Å². The number of nitrogens with one attached hydrogen (secondary N) is 2. The van der Waals surface area contributed by atoms with Crippen molar-refractivity contribution in [3.63, 3.8) is 0 Å². The Labute approximate surface area is 248 Å². The van der Waals surface area contributed by atoms with E-state index in [-0.39, 0.29) is 31.9 Å². The van der Waals surface area contributed by atoms with Gasteiger partial charge in [0.25, 0.3) is 0 Å². The van der Waals surface area contributed by atoms with Crippen LogP contribution in [-0.4, -0.2) is 71.1 Å². The molecular weight excluding hydrogens is 544 g/mol. The van der Waals surface area contributed by atoms with E-state index in [0.717, 1.165) is 32.1 Å². The summed E-state index contributed by atoms with van der Waals surface area (Å²) in [6, 6.07) is 3.25. The molecule has 0 radical (unpaired) electrons. The first kappa shape index (κ1) is 36.2. The molecule has 2 unspecified atom stereocenters. The Morgan fingerprint density at radius 3 is 2.29 bits per heavy atom. The molecule has 0 saturated carbocycles. The number of carbonyl (C=O) groups excluding carboxylic acids is 5. The summed E-state index contributed by atoms with van der Waals surface area (Å²) in [5, 5.41) is 15.3. The van der Waals surface area contributed by atoms with Crippen molar-refractivity contribution in [1.29, 1.82) is 0 Å². The Bertz CT molecular complexity index is 1040. The number of phenolic OH excluding ortho intramolecular Hbond substituents is 1. The Kier molecular flexibility index (Phi) is 16.0. The number of phenols is 1. The topological polar surface area (TPSA) is 177 Å². The van der Waals surface area contributed by atoms with Crippen molar-refractivity contribution >= 4 is 29.8 Å². The zero-order valence-electron chi connectivity index (χ0n) is 25.6. The fraction of sp³-hybridized carbons (Fsp3) is 0.633. The lowest BCUT2D eigenvalue weighted by Gasteiger charge is -2.34. The van der Waals surface area contributed by atoms with Crippen molar-refractivity contribution < 1.29 is 38.6 Å². The first-order valence-electron chi connectivity index (χ1n) is 14.6. The summed E-state index contributed by atoms with van der Waals surface area (Å²) in [5.74, 6) is -2.78. The molecule has 0 bridgehead atoms. The molecule has 12 heteroatoms. The molecule has 2 atom stereocenters. The zero-order chi connectivity index (χ0) is 31.7. The van der Waals surface area contributed by atoms with Crippen LogP contribution in [0.4, 0.5) is 4.79 Å². The van der Waals surface area contributed by atoms with Crippen molar-refractivity contribution in [3.8, 4) is 5.75 Å². The SMILES string of the molecule is CCCCCCCCN(C(=O)C(CC(N)=O)NC(=O)OC(C)(C)C)C(C(=O)NCCC(=O)OCC)c1cccc(O)c1. The van der Waals surface area contributed by atoms with Crippen LogP contribution in [0.3, 0.4) is 0 Å². The van der Waals surface area contributed by atoms with Gasteiger partial charge in [0.1, 0.15) is 23.4 Å². The minimum atomic E-state index is -1.41. The standard InChI is InChI=1S/C30H48N4O8/c1-6-8-9-10-11-12-18-34(28(39)23(20-24(31)36)33-29(40)42-30(3,4)5)26(21-14-13-15-22(35)19-21)27(38)32-17-16-25(37)41-7-2/h13-15,19,23,26,35H,6-12,16-18,20H2,1-5H3,(H2,31,36)(H,32,38)(H,33,40). The maximum atomic E-state index is 14.0. The molecule has 0 fully saturated rings. The molecule has 0 aliphatic heterocycles. The normalized spacial score (nSPS) is 12.5. The van der Waals surface area contributed by atoms with Gasteiger partial charge in [-0.1, -0.05) is 51.2 Å². The number of amides is 4. The highest BCUT2D eigenvalue weighted by molar-refractivity contribution is 5.94. The Balaban J connectivity index is 3.43. The van der Waals surface area contributed by atoms with Gasteiger partial charge in [0, 0.05) is 13.1 Å². The van der Waals surface area contributed by atoms with Crippen LogP contribution in [-0.2, 0) is 28.7 Å². The zero-order valence-corrected chi connectivity index (χ0v) is 25.6. The van der Waals surface area contributed by atoms with E-state index < -0.39 is 53.9 Å². The molecule has 0 heterocycles. The third-order valence-electron chi connectivity index (χ3n) is 6.11. The van der Waals surface area contributed by atoms with E-state index in [4.69, 9.17) is 15.2 Å². The van der Waals surface area contributed by atoms with E-state index in [1.165, 1.54) is 23.1 Å². The van der Waals surface area contributed by atoms with E-state index in [1.807, 2.05) is 0 Å². The van der Waals surface area contributed by atoms with Crippen molar-refractivity contribution in [2.75, 3.05) is 19.7 Å². The van der Waals surface area contributed by atoms with Gasteiger partial charge in [0.15, 0.2) is 0 Å². The van der Waals surface area contributed by atoms with Gasteiger partial charge in [-0.05, 0) is 51.8 Å². The molecule has 236 valence electrons. The second-order valence-corrected chi connectivity index (χ2v) is 11.0. The number of hydrogen-bond donors (Lipinski definition) is 4. The molecule has 12 nitrogen and oxygen atoms in total. The van der Waals surface area contributed by atoms with Gasteiger partial charge in [-0.2, -0.15) is 0 Å². The van der Waals surface area contributed by atoms with Crippen LogP contribution in [0.15, 0.2) is 24.3 Å². The van der Waals surface area contributed by atoms with Gasteiger partial charge in [0.2, 0.25) is 17.7 Å². The molecule has 0 aliphatic rings. The van der Waals surface area contributed by atoms with Crippen LogP contribution >= 0.6 is 0 Å². The summed E-state index contributed by atoms with van der Waals surface area (Å²) in [4.78, 5) is 65.3. The van der Waals surface area contributed by atoms with Crippen LogP contribution in [0.1, 0.15) is 97.6 Å². The monoisotopic (exact) mass is 592 g/mol. The lowest BCUT2D eigenvalue weighted by atomic mass is 10.0. The predicted molar refractivity (Wildman–Crippen MR) is 157 cm³/mol. The second-order valence-electron chi connectivity index (χ2n) is 11.0. The number of nitrogens with two attached hydrogens (primary N) is 1. The first-order chi connectivity index (χ1) is 19.8. The van der Waals surface area contributed by atoms with Crippen LogP contribution < -0.4 is 16.4 Å². The minimum Gasteiger partial charge on any atom is -0.508 e. The smallest absolute Gasteiger partial charge is 0.408 e. The molecular formula is C30H48N4O8. The van der Waals surface area contributed by atoms with Gasteiger partial charge in [0.05, 0.1) is 19.4 Å². The molecule has 0 aliphatic carbocycles. The van der Waals surface area contributed by atoms with Crippen molar-refractivity contribution in [3.05, 3.63) is 29.8 Å². The highest BCUT2D eigenvalue weighted by Crippen LogP contribution is 2.26. The number of ether oxygens (including phenoxy) is 2. The number of rotatable bonds is 18. The lowest BCUT2D eigenvalue weighted by Crippen LogP contribution is -2.54. The number of benzene rings is 1. The first-order valence-corrected chi connectivity index (χ1v) is 14.6. The largest absolute Gasteiger partial charge is 0.508 e.